The Balaban J connectivity index is 2.58. The molecule has 0 aliphatic heterocycles. The van der Waals surface area contributed by atoms with Crippen molar-refractivity contribution in [2.24, 2.45) is 11.8 Å². The maximum Gasteiger partial charge on any atom is 0.0432 e. The van der Waals surface area contributed by atoms with Crippen LogP contribution in [-0.2, 0) is 0 Å². The molecule has 0 bridgehead atoms. The van der Waals surface area contributed by atoms with Crippen molar-refractivity contribution >= 4 is 26.7 Å². The summed E-state index contributed by atoms with van der Waals surface area (Å²) in [6.45, 7) is 9.12. The lowest BCUT2D eigenvalue weighted by molar-refractivity contribution is 0.415. The number of benzene rings is 2. The van der Waals surface area contributed by atoms with Crippen molar-refractivity contribution in [1.29, 1.82) is 0 Å². The molecule has 2 unspecified atom stereocenters. The summed E-state index contributed by atoms with van der Waals surface area (Å²) in [6.07, 6.45) is 0. The molecule has 0 aliphatic carbocycles. The minimum atomic E-state index is 0.420. The number of hydrogen-bond acceptors (Lipinski definition) is 0. The third-order valence-electron chi connectivity index (χ3n) is 3.98. The van der Waals surface area contributed by atoms with Crippen molar-refractivity contribution in [2.75, 3.05) is 0 Å². The van der Waals surface area contributed by atoms with Crippen LogP contribution in [0.2, 0.25) is 0 Å². The molecule has 2 aromatic rings. The van der Waals surface area contributed by atoms with Crippen LogP contribution in [0.4, 0.5) is 0 Å². The topological polar surface area (TPSA) is 0 Å². The number of hydrogen-bond donors (Lipinski definition) is 0. The molecule has 1 heteroatoms. The number of fused-ring (bicyclic) bond motifs is 1. The van der Waals surface area contributed by atoms with Crippen LogP contribution in [0.1, 0.15) is 36.7 Å². The van der Waals surface area contributed by atoms with Crippen LogP contribution >= 0.6 is 15.9 Å². The first-order chi connectivity index (χ1) is 8.52. The predicted molar refractivity (Wildman–Crippen MR) is 84.4 cm³/mol. The lowest BCUT2D eigenvalue weighted by Gasteiger charge is -2.25. The summed E-state index contributed by atoms with van der Waals surface area (Å²) < 4.78 is 0. The molecule has 18 heavy (non-hydrogen) atoms. The normalized spacial score (nSPS) is 15.0. The minimum absolute atomic E-state index is 0.420. The van der Waals surface area contributed by atoms with E-state index in [9.17, 15) is 0 Å². The Morgan fingerprint density at radius 3 is 2.28 bits per heavy atom. The highest BCUT2D eigenvalue weighted by Crippen LogP contribution is 2.40. The Labute approximate surface area is 119 Å². The van der Waals surface area contributed by atoms with Crippen molar-refractivity contribution in [1.82, 2.24) is 0 Å². The average Bonchev–Trinajstić information content (AvgIpc) is 2.37. The van der Waals surface area contributed by atoms with Crippen LogP contribution in [0.25, 0.3) is 10.8 Å². The van der Waals surface area contributed by atoms with Crippen molar-refractivity contribution in [3.05, 3.63) is 47.5 Å². The van der Waals surface area contributed by atoms with Gasteiger partial charge in [-0.1, -0.05) is 73.1 Å². The molecule has 2 rings (SSSR count). The highest BCUT2D eigenvalue weighted by atomic mass is 79.9. The van der Waals surface area contributed by atoms with Crippen molar-refractivity contribution in [2.45, 2.75) is 32.5 Å². The molecule has 2 atom stereocenters. The fourth-order valence-electron chi connectivity index (χ4n) is 2.37. The van der Waals surface area contributed by atoms with Gasteiger partial charge in [0, 0.05) is 4.83 Å². The fourth-order valence-corrected chi connectivity index (χ4v) is 3.59. The van der Waals surface area contributed by atoms with Crippen LogP contribution in [0, 0.1) is 18.8 Å². The monoisotopic (exact) mass is 304 g/mol. The van der Waals surface area contributed by atoms with E-state index in [1.54, 1.807) is 0 Å². The van der Waals surface area contributed by atoms with Crippen LogP contribution in [0.15, 0.2) is 36.4 Å². The number of halogens is 1. The van der Waals surface area contributed by atoms with Gasteiger partial charge < -0.3 is 0 Å². The van der Waals surface area contributed by atoms with Crippen molar-refractivity contribution in [3.63, 3.8) is 0 Å². The quantitative estimate of drug-likeness (QED) is 0.621. The van der Waals surface area contributed by atoms with Gasteiger partial charge in [0.05, 0.1) is 0 Å². The van der Waals surface area contributed by atoms with Gasteiger partial charge in [0.1, 0.15) is 0 Å². The Bertz CT molecular complexity index is 542. The van der Waals surface area contributed by atoms with E-state index in [-0.39, 0.29) is 0 Å². The SMILES string of the molecule is Cc1ccc2ccccc2c1C(Br)C(C)C(C)C. The lowest BCUT2D eigenvalue weighted by atomic mass is 9.87. The zero-order valence-electron chi connectivity index (χ0n) is 11.6. The first-order valence-corrected chi connectivity index (χ1v) is 7.56. The summed E-state index contributed by atoms with van der Waals surface area (Å²) in [5, 5.41) is 2.71. The summed E-state index contributed by atoms with van der Waals surface area (Å²) in [5.74, 6) is 1.29. The van der Waals surface area contributed by atoms with E-state index in [1.165, 1.54) is 21.9 Å². The maximum absolute atomic E-state index is 3.92. The van der Waals surface area contributed by atoms with E-state index in [1.807, 2.05) is 0 Å². The molecule has 0 saturated carbocycles. The van der Waals surface area contributed by atoms with Gasteiger partial charge in [-0.2, -0.15) is 0 Å². The molecular formula is C17H21Br. The molecule has 0 fully saturated rings. The van der Waals surface area contributed by atoms with E-state index >= 15 is 0 Å². The Morgan fingerprint density at radius 2 is 1.61 bits per heavy atom. The van der Waals surface area contributed by atoms with Gasteiger partial charge in [-0.25, -0.2) is 0 Å². The third-order valence-corrected chi connectivity index (χ3v) is 5.27. The molecule has 0 saturated heterocycles. The van der Waals surface area contributed by atoms with E-state index in [4.69, 9.17) is 0 Å². The molecule has 0 spiro atoms. The highest BCUT2D eigenvalue weighted by molar-refractivity contribution is 9.09. The summed E-state index contributed by atoms with van der Waals surface area (Å²) in [4.78, 5) is 0.420. The number of aryl methyl sites for hydroxylation is 1. The van der Waals surface area contributed by atoms with Crippen molar-refractivity contribution in [3.8, 4) is 0 Å². The summed E-state index contributed by atoms with van der Waals surface area (Å²) in [7, 11) is 0. The average molecular weight is 305 g/mol. The molecule has 0 heterocycles. The maximum atomic E-state index is 3.92. The Kier molecular flexibility index (Phi) is 4.11. The van der Waals surface area contributed by atoms with Gasteiger partial charge in [-0.05, 0) is 40.7 Å². The van der Waals surface area contributed by atoms with Crippen LogP contribution < -0.4 is 0 Å². The molecule has 0 amide bonds. The van der Waals surface area contributed by atoms with Crippen LogP contribution in [0.5, 0.6) is 0 Å². The summed E-state index contributed by atoms with van der Waals surface area (Å²) in [6, 6.07) is 13.1. The first-order valence-electron chi connectivity index (χ1n) is 6.64. The predicted octanol–water partition coefficient (Wildman–Crippen LogP) is 5.88. The largest absolute Gasteiger partial charge is 0.0835 e. The smallest absolute Gasteiger partial charge is 0.0432 e. The zero-order valence-corrected chi connectivity index (χ0v) is 13.2. The molecule has 0 radical (unpaired) electrons. The van der Waals surface area contributed by atoms with Gasteiger partial charge in [0.25, 0.3) is 0 Å². The third kappa shape index (κ3) is 2.47. The van der Waals surface area contributed by atoms with E-state index in [0.29, 0.717) is 16.7 Å². The minimum Gasteiger partial charge on any atom is -0.0835 e. The fraction of sp³-hybridized carbons (Fsp3) is 0.412. The van der Waals surface area contributed by atoms with E-state index in [0.717, 1.165) is 0 Å². The van der Waals surface area contributed by atoms with Gasteiger partial charge in [0.2, 0.25) is 0 Å². The lowest BCUT2D eigenvalue weighted by Crippen LogP contribution is -2.11. The highest BCUT2D eigenvalue weighted by Gasteiger charge is 2.22. The molecule has 0 N–H and O–H groups in total. The number of alkyl halides is 1. The zero-order chi connectivity index (χ0) is 13.3. The van der Waals surface area contributed by atoms with E-state index < -0.39 is 0 Å². The first kappa shape index (κ1) is 13.6. The summed E-state index contributed by atoms with van der Waals surface area (Å²) >= 11 is 3.92. The summed E-state index contributed by atoms with van der Waals surface area (Å²) in [5.41, 5.74) is 2.83. The molecule has 0 aliphatic rings. The van der Waals surface area contributed by atoms with Gasteiger partial charge in [0.15, 0.2) is 0 Å². The second kappa shape index (κ2) is 5.44. The number of rotatable bonds is 3. The molecule has 2 aromatic carbocycles. The van der Waals surface area contributed by atoms with Crippen molar-refractivity contribution < 1.29 is 0 Å². The molecular weight excluding hydrogens is 284 g/mol. The second-order valence-electron chi connectivity index (χ2n) is 5.52. The van der Waals surface area contributed by atoms with Crippen LogP contribution in [0.3, 0.4) is 0 Å². The van der Waals surface area contributed by atoms with Gasteiger partial charge in [-0.15, -0.1) is 0 Å². The van der Waals surface area contributed by atoms with Crippen LogP contribution in [-0.4, -0.2) is 0 Å². The molecule has 0 nitrogen and oxygen atoms in total. The molecule has 96 valence electrons. The van der Waals surface area contributed by atoms with Gasteiger partial charge >= 0.3 is 0 Å². The second-order valence-corrected chi connectivity index (χ2v) is 6.51. The Hall–Kier alpha value is -0.820. The van der Waals surface area contributed by atoms with E-state index in [2.05, 4.69) is 80.0 Å². The molecule has 0 aromatic heterocycles. The standard InChI is InChI=1S/C17H21Br/c1-11(2)13(4)17(18)16-12(3)9-10-14-7-5-6-8-15(14)16/h5-11,13,17H,1-4H3. The Morgan fingerprint density at radius 1 is 0.944 bits per heavy atom. The van der Waals surface area contributed by atoms with Gasteiger partial charge in [-0.3, -0.25) is 0 Å².